The number of rotatable bonds is 4. The maximum atomic E-state index is 12.6. The van der Waals surface area contributed by atoms with E-state index in [4.69, 9.17) is 4.98 Å². The molecule has 238 valence electrons. The topological polar surface area (TPSA) is 50.1 Å². The second-order valence-corrected chi connectivity index (χ2v) is 13.1. The summed E-state index contributed by atoms with van der Waals surface area (Å²) in [7, 11) is 0. The van der Waals surface area contributed by atoms with Gasteiger partial charge in [0.2, 0.25) is 11.2 Å². The van der Waals surface area contributed by atoms with Crippen LogP contribution in [0.15, 0.2) is 176 Å². The quantitative estimate of drug-likeness (QED) is 0.108. The summed E-state index contributed by atoms with van der Waals surface area (Å²) in [6, 6.07) is 61.2. The Morgan fingerprint density at radius 3 is 1.67 bits per heavy atom. The van der Waals surface area contributed by atoms with Crippen molar-refractivity contribution in [1.29, 1.82) is 0 Å². The van der Waals surface area contributed by atoms with E-state index in [0.717, 1.165) is 44.3 Å². The minimum atomic E-state index is -0.00849. The first kappa shape index (κ1) is 31.7. The van der Waals surface area contributed by atoms with Crippen LogP contribution in [0.5, 0.6) is 5.75 Å². The molecule has 0 unspecified atom stereocenters. The van der Waals surface area contributed by atoms with E-state index >= 15 is 0 Å². The zero-order valence-corrected chi connectivity index (χ0v) is 28.6. The molecule has 3 nitrogen and oxygen atoms in total. The third kappa shape index (κ3) is 5.14. The van der Waals surface area contributed by atoms with Crippen molar-refractivity contribution < 1.29 is 29.0 Å². The summed E-state index contributed by atoms with van der Waals surface area (Å²) >= 11 is 0. The number of fused-ring (bicyclic) bond motifs is 6. The molecule has 0 aliphatic rings. The van der Waals surface area contributed by atoms with Crippen molar-refractivity contribution in [3.8, 4) is 50.5 Å². The summed E-state index contributed by atoms with van der Waals surface area (Å²) in [5.41, 5.74) is 10.1. The smallest absolute Gasteiger partial charge is 0.872 e. The third-order valence-corrected chi connectivity index (χ3v) is 10.2. The first-order chi connectivity index (χ1) is 25.2. The molecule has 4 heteroatoms. The molecular formula is C48H30LiN2O+. The summed E-state index contributed by atoms with van der Waals surface area (Å²) in [5, 5.41) is 22.1. The van der Waals surface area contributed by atoms with E-state index in [1.807, 2.05) is 18.2 Å². The molecule has 10 rings (SSSR count). The minimum Gasteiger partial charge on any atom is -0.872 e. The van der Waals surface area contributed by atoms with E-state index in [1.54, 1.807) is 12.1 Å². The van der Waals surface area contributed by atoms with Gasteiger partial charge in [0.1, 0.15) is 5.52 Å². The molecule has 0 amide bonds. The molecule has 0 atom stereocenters. The van der Waals surface area contributed by atoms with Gasteiger partial charge in [0.05, 0.1) is 5.69 Å². The zero-order valence-electron chi connectivity index (χ0n) is 28.6. The number of hydrogen-bond acceptors (Lipinski definition) is 2. The van der Waals surface area contributed by atoms with Gasteiger partial charge in [0.25, 0.3) is 0 Å². The Kier molecular flexibility index (Phi) is 7.82. The summed E-state index contributed by atoms with van der Waals surface area (Å²) in [5.74, 6) is -0.00849. The summed E-state index contributed by atoms with van der Waals surface area (Å²) in [4.78, 5) is 8.73. The fraction of sp³-hybridized carbons (Fsp3) is 0. The van der Waals surface area contributed by atoms with Gasteiger partial charge in [-0.1, -0.05) is 151 Å². The Bertz CT molecular complexity index is 2930. The van der Waals surface area contributed by atoms with Crippen molar-refractivity contribution in [2.75, 3.05) is 0 Å². The maximum Gasteiger partial charge on any atom is 1.00 e. The number of benzene rings is 8. The van der Waals surface area contributed by atoms with Crippen LogP contribution in [0, 0.1) is 0 Å². The van der Waals surface area contributed by atoms with Gasteiger partial charge in [-0.15, -0.1) is 0 Å². The van der Waals surface area contributed by atoms with Crippen molar-refractivity contribution in [2.24, 2.45) is 0 Å². The molecule has 0 radical (unpaired) electrons. The van der Waals surface area contributed by atoms with Crippen LogP contribution < -0.4 is 29.0 Å². The van der Waals surface area contributed by atoms with E-state index in [1.165, 1.54) is 49.0 Å². The molecule has 0 spiro atoms. The Morgan fingerprint density at radius 1 is 0.404 bits per heavy atom. The van der Waals surface area contributed by atoms with E-state index in [0.29, 0.717) is 5.56 Å². The number of aromatic nitrogens is 2. The van der Waals surface area contributed by atoms with Crippen LogP contribution in [-0.2, 0) is 0 Å². The van der Waals surface area contributed by atoms with Crippen molar-refractivity contribution in [3.63, 3.8) is 0 Å². The molecule has 0 saturated heterocycles. The number of para-hydroxylation sites is 1. The molecule has 0 fully saturated rings. The molecular weight excluding hydrogens is 627 g/mol. The number of nitrogens with one attached hydrogen (secondary N) is 1. The number of pyridine rings is 2. The van der Waals surface area contributed by atoms with E-state index in [9.17, 15) is 5.11 Å². The third-order valence-electron chi connectivity index (χ3n) is 10.2. The van der Waals surface area contributed by atoms with Crippen LogP contribution in [0.3, 0.4) is 0 Å². The Balaban J connectivity index is 0.00000360. The average Bonchev–Trinajstić information content (AvgIpc) is 3.19. The standard InChI is InChI=1S/C48H30N2O.Li/c51-44-19-8-7-17-41(44)43-29-27-34-25-24-33-26-28-42(49-47(33)48(34)50-43)31-20-22-32(23-21-31)45-37-13-3-5-15-39(37)46(40-16-6-4-14-38(40)45)36-18-9-11-30-10-1-2-12-35(30)36;/h1-29,51H;/q;+1. The van der Waals surface area contributed by atoms with E-state index in [2.05, 4.69) is 151 Å². The Hall–Kier alpha value is -6.24. The summed E-state index contributed by atoms with van der Waals surface area (Å²) in [6.07, 6.45) is 0. The van der Waals surface area contributed by atoms with Gasteiger partial charge in [-0.3, -0.25) is 0 Å². The molecule has 0 saturated carbocycles. The molecule has 10 aromatic rings. The van der Waals surface area contributed by atoms with Crippen molar-refractivity contribution in [3.05, 3.63) is 176 Å². The minimum absolute atomic E-state index is 0. The van der Waals surface area contributed by atoms with Crippen molar-refractivity contribution in [2.45, 2.75) is 0 Å². The molecule has 2 aromatic heterocycles. The van der Waals surface area contributed by atoms with Crippen LogP contribution in [-0.4, -0.2) is 4.98 Å². The summed E-state index contributed by atoms with van der Waals surface area (Å²) < 4.78 is 0. The first-order valence-electron chi connectivity index (χ1n) is 17.3. The molecule has 0 aliphatic carbocycles. The summed E-state index contributed by atoms with van der Waals surface area (Å²) in [6.45, 7) is 0. The van der Waals surface area contributed by atoms with Gasteiger partial charge >= 0.3 is 18.9 Å². The fourth-order valence-electron chi connectivity index (χ4n) is 7.81. The van der Waals surface area contributed by atoms with Gasteiger partial charge in [-0.05, 0) is 78.8 Å². The molecule has 52 heavy (non-hydrogen) atoms. The molecule has 1 N–H and O–H groups in total. The fourth-order valence-corrected chi connectivity index (χ4v) is 7.81. The van der Waals surface area contributed by atoms with Crippen molar-refractivity contribution in [1.82, 2.24) is 4.98 Å². The monoisotopic (exact) mass is 657 g/mol. The Labute approximate surface area is 313 Å². The van der Waals surface area contributed by atoms with Gasteiger partial charge in [0.15, 0.2) is 0 Å². The molecule has 2 heterocycles. The normalized spacial score (nSPS) is 11.4. The van der Waals surface area contributed by atoms with Gasteiger partial charge in [0, 0.05) is 28.0 Å². The molecule has 0 bridgehead atoms. The maximum absolute atomic E-state index is 12.6. The van der Waals surface area contributed by atoms with Gasteiger partial charge in [-0.2, -0.15) is 0 Å². The predicted molar refractivity (Wildman–Crippen MR) is 210 cm³/mol. The largest absolute Gasteiger partial charge is 1.00 e. The molecule has 0 aliphatic heterocycles. The van der Waals surface area contributed by atoms with Crippen LogP contribution in [0.25, 0.3) is 98.9 Å². The predicted octanol–water partition coefficient (Wildman–Crippen LogP) is 8.41. The van der Waals surface area contributed by atoms with Gasteiger partial charge < -0.3 is 5.11 Å². The SMILES string of the molecule is [Li+].[O-]c1ccccc1-c1ccc2ccc3ccc(-c4ccc(-c5c6ccccc6c(-c6cccc7ccccc67)c6ccccc56)cc4)nc3c2[nH+]1. The van der Waals surface area contributed by atoms with Crippen LogP contribution in [0.1, 0.15) is 0 Å². The second kappa shape index (κ2) is 12.8. The van der Waals surface area contributed by atoms with E-state index < -0.39 is 0 Å². The van der Waals surface area contributed by atoms with Crippen LogP contribution in [0.2, 0.25) is 0 Å². The number of H-pyrrole nitrogens is 1. The van der Waals surface area contributed by atoms with Crippen LogP contribution >= 0.6 is 0 Å². The second-order valence-electron chi connectivity index (χ2n) is 13.1. The number of nitrogens with zero attached hydrogens (tertiary/aromatic N) is 1. The first-order valence-corrected chi connectivity index (χ1v) is 17.3. The van der Waals surface area contributed by atoms with Crippen LogP contribution in [0.4, 0.5) is 0 Å². The Morgan fingerprint density at radius 2 is 0.942 bits per heavy atom. The zero-order chi connectivity index (χ0) is 33.9. The molecule has 8 aromatic carbocycles. The van der Waals surface area contributed by atoms with E-state index in [-0.39, 0.29) is 24.6 Å². The number of hydrogen-bond donors (Lipinski definition) is 0. The average molecular weight is 658 g/mol. The number of aromatic amines is 1. The van der Waals surface area contributed by atoms with Gasteiger partial charge in [-0.25, -0.2) is 9.97 Å². The van der Waals surface area contributed by atoms with Crippen molar-refractivity contribution >= 4 is 54.1 Å².